The molecule has 2 aromatic rings. The van der Waals surface area contributed by atoms with Crippen molar-refractivity contribution in [1.82, 2.24) is 15.1 Å². The molecule has 1 aromatic heterocycles. The molecule has 20 heavy (non-hydrogen) atoms. The fraction of sp³-hybridized carbons (Fsp3) is 0.562. The minimum Gasteiger partial charge on any atom is -0.308 e. The normalized spacial score (nSPS) is 23.3. The second-order valence-electron chi connectivity index (χ2n) is 5.77. The van der Waals surface area contributed by atoms with Crippen molar-refractivity contribution >= 4 is 22.5 Å². The molecule has 0 radical (unpaired) electrons. The van der Waals surface area contributed by atoms with Crippen LogP contribution in [0.4, 0.5) is 0 Å². The van der Waals surface area contributed by atoms with E-state index in [1.807, 2.05) is 11.7 Å². The lowest BCUT2D eigenvalue weighted by Crippen LogP contribution is -2.39. The second kappa shape index (κ2) is 6.15. The van der Waals surface area contributed by atoms with Crippen molar-refractivity contribution in [2.45, 2.75) is 38.3 Å². The summed E-state index contributed by atoms with van der Waals surface area (Å²) < 4.78 is 1.96. The van der Waals surface area contributed by atoms with Gasteiger partial charge in [0.05, 0.1) is 11.2 Å². The lowest BCUT2D eigenvalue weighted by atomic mass is 9.86. The van der Waals surface area contributed by atoms with Crippen LogP contribution in [0.15, 0.2) is 24.3 Å². The van der Waals surface area contributed by atoms with Gasteiger partial charge in [0.15, 0.2) is 0 Å². The summed E-state index contributed by atoms with van der Waals surface area (Å²) >= 11 is 6.10. The third-order valence-electron chi connectivity index (χ3n) is 4.47. The van der Waals surface area contributed by atoms with Crippen molar-refractivity contribution in [1.29, 1.82) is 0 Å². The average Bonchev–Trinajstić information content (AvgIpc) is 2.82. The summed E-state index contributed by atoms with van der Waals surface area (Å²) in [4.78, 5) is 0. The van der Waals surface area contributed by atoms with Crippen molar-refractivity contribution in [2.75, 3.05) is 5.88 Å². The Bertz CT molecular complexity index is 578. The first-order valence-electron chi connectivity index (χ1n) is 7.49. The molecule has 3 rings (SSSR count). The van der Waals surface area contributed by atoms with Gasteiger partial charge in [-0.1, -0.05) is 31.0 Å². The van der Waals surface area contributed by atoms with Crippen LogP contribution in [0, 0.1) is 5.92 Å². The zero-order valence-electron chi connectivity index (χ0n) is 12.0. The fourth-order valence-electron chi connectivity index (χ4n) is 3.31. The van der Waals surface area contributed by atoms with Gasteiger partial charge in [0.1, 0.15) is 0 Å². The minimum atomic E-state index is 0.544. The molecule has 108 valence electrons. The molecule has 1 fully saturated rings. The molecule has 3 nitrogen and oxygen atoms in total. The summed E-state index contributed by atoms with van der Waals surface area (Å²) in [6.45, 7) is 0.833. The van der Waals surface area contributed by atoms with Crippen LogP contribution in [0.25, 0.3) is 10.9 Å². The Morgan fingerprint density at radius 1 is 1.30 bits per heavy atom. The molecule has 2 unspecified atom stereocenters. The fourth-order valence-corrected chi connectivity index (χ4v) is 3.68. The summed E-state index contributed by atoms with van der Waals surface area (Å²) in [5, 5.41) is 9.58. The number of nitrogens with zero attached hydrogens (tertiary/aromatic N) is 2. The molecular formula is C16H22ClN3. The largest absolute Gasteiger partial charge is 0.308 e. The third kappa shape index (κ3) is 2.70. The van der Waals surface area contributed by atoms with E-state index in [0.29, 0.717) is 12.0 Å². The minimum absolute atomic E-state index is 0.544. The Balaban J connectivity index is 1.73. The van der Waals surface area contributed by atoms with Crippen LogP contribution < -0.4 is 5.32 Å². The topological polar surface area (TPSA) is 29.9 Å². The molecule has 1 aromatic carbocycles. The first-order valence-corrected chi connectivity index (χ1v) is 8.03. The molecule has 0 bridgehead atoms. The van der Waals surface area contributed by atoms with Crippen LogP contribution >= 0.6 is 11.6 Å². The molecule has 1 aliphatic rings. The number of para-hydroxylation sites is 1. The van der Waals surface area contributed by atoms with Gasteiger partial charge in [0.2, 0.25) is 0 Å². The van der Waals surface area contributed by atoms with Crippen molar-refractivity contribution in [3.8, 4) is 0 Å². The molecule has 0 aliphatic heterocycles. The van der Waals surface area contributed by atoms with E-state index < -0.39 is 0 Å². The summed E-state index contributed by atoms with van der Waals surface area (Å²) in [5.41, 5.74) is 2.34. The van der Waals surface area contributed by atoms with Gasteiger partial charge in [0.25, 0.3) is 0 Å². The highest BCUT2D eigenvalue weighted by Gasteiger charge is 2.24. The number of aryl methyl sites for hydroxylation is 1. The lowest BCUT2D eigenvalue weighted by molar-refractivity contribution is 0.281. The van der Waals surface area contributed by atoms with Gasteiger partial charge in [0, 0.05) is 30.9 Å². The van der Waals surface area contributed by atoms with Gasteiger partial charge in [-0.15, -0.1) is 11.6 Å². The van der Waals surface area contributed by atoms with Crippen LogP contribution in [-0.4, -0.2) is 21.7 Å². The Kier molecular flexibility index (Phi) is 4.27. The van der Waals surface area contributed by atoms with Gasteiger partial charge < -0.3 is 5.32 Å². The lowest BCUT2D eigenvalue weighted by Gasteiger charge is -2.30. The smallest absolute Gasteiger partial charge is 0.0841 e. The average molecular weight is 292 g/mol. The number of halogens is 1. The van der Waals surface area contributed by atoms with E-state index in [9.17, 15) is 0 Å². The Morgan fingerprint density at radius 2 is 2.10 bits per heavy atom. The van der Waals surface area contributed by atoms with E-state index in [1.165, 1.54) is 36.6 Å². The Morgan fingerprint density at radius 3 is 2.95 bits per heavy atom. The van der Waals surface area contributed by atoms with Crippen LogP contribution in [0.2, 0.25) is 0 Å². The Labute approximate surface area is 125 Å². The molecule has 1 aliphatic carbocycles. The molecule has 1 heterocycles. The van der Waals surface area contributed by atoms with Gasteiger partial charge in [-0.25, -0.2) is 0 Å². The first kappa shape index (κ1) is 13.9. The molecule has 2 atom stereocenters. The standard InChI is InChI=1S/C16H22ClN3/c1-20-16-9-5-3-7-13(16)15(19-20)11-18-14-8-4-2-6-12(14)10-17/h3,5,7,9,12,14,18H,2,4,6,8,10-11H2,1H3. The van der Waals surface area contributed by atoms with Gasteiger partial charge in [-0.3, -0.25) is 4.68 Å². The van der Waals surface area contributed by atoms with E-state index in [0.717, 1.165) is 18.1 Å². The molecule has 1 N–H and O–H groups in total. The molecule has 4 heteroatoms. The van der Waals surface area contributed by atoms with Crippen molar-refractivity contribution in [2.24, 2.45) is 13.0 Å². The first-order chi connectivity index (χ1) is 9.79. The van der Waals surface area contributed by atoms with Gasteiger partial charge >= 0.3 is 0 Å². The highest BCUT2D eigenvalue weighted by Crippen LogP contribution is 2.26. The highest BCUT2D eigenvalue weighted by atomic mass is 35.5. The number of hydrogen-bond acceptors (Lipinski definition) is 2. The molecular weight excluding hydrogens is 270 g/mol. The summed E-state index contributed by atoms with van der Waals surface area (Å²) in [5.74, 6) is 1.38. The molecule has 1 saturated carbocycles. The van der Waals surface area contributed by atoms with Crippen LogP contribution in [-0.2, 0) is 13.6 Å². The Hall–Kier alpha value is -1.06. The number of rotatable bonds is 4. The quantitative estimate of drug-likeness (QED) is 0.874. The summed E-state index contributed by atoms with van der Waals surface area (Å²) in [6, 6.07) is 8.96. The molecule has 0 saturated heterocycles. The number of nitrogens with one attached hydrogen (secondary N) is 1. The maximum absolute atomic E-state index is 6.10. The van der Waals surface area contributed by atoms with E-state index in [2.05, 4.69) is 34.7 Å². The van der Waals surface area contributed by atoms with E-state index in [-0.39, 0.29) is 0 Å². The number of benzene rings is 1. The van der Waals surface area contributed by atoms with E-state index >= 15 is 0 Å². The predicted octanol–water partition coefficient (Wildman–Crippen LogP) is 3.46. The predicted molar refractivity (Wildman–Crippen MR) is 84.0 cm³/mol. The van der Waals surface area contributed by atoms with E-state index in [1.54, 1.807) is 0 Å². The monoisotopic (exact) mass is 291 g/mol. The maximum atomic E-state index is 6.10. The third-order valence-corrected chi connectivity index (χ3v) is 4.87. The van der Waals surface area contributed by atoms with Crippen molar-refractivity contribution in [3.63, 3.8) is 0 Å². The second-order valence-corrected chi connectivity index (χ2v) is 6.08. The van der Waals surface area contributed by atoms with Crippen molar-refractivity contribution < 1.29 is 0 Å². The molecule has 0 spiro atoms. The number of alkyl halides is 1. The summed E-state index contributed by atoms with van der Waals surface area (Å²) in [6.07, 6.45) is 5.13. The highest BCUT2D eigenvalue weighted by molar-refractivity contribution is 6.18. The molecule has 0 amide bonds. The maximum Gasteiger partial charge on any atom is 0.0841 e. The van der Waals surface area contributed by atoms with Crippen LogP contribution in [0.3, 0.4) is 0 Å². The number of fused-ring (bicyclic) bond motifs is 1. The van der Waals surface area contributed by atoms with Crippen molar-refractivity contribution in [3.05, 3.63) is 30.0 Å². The van der Waals surface area contributed by atoms with E-state index in [4.69, 9.17) is 11.6 Å². The zero-order valence-corrected chi connectivity index (χ0v) is 12.7. The van der Waals surface area contributed by atoms with Gasteiger partial charge in [-0.05, 0) is 24.8 Å². The summed E-state index contributed by atoms with van der Waals surface area (Å²) in [7, 11) is 2.01. The van der Waals surface area contributed by atoms with Gasteiger partial charge in [-0.2, -0.15) is 5.10 Å². The zero-order chi connectivity index (χ0) is 13.9. The van der Waals surface area contributed by atoms with Crippen LogP contribution in [0.5, 0.6) is 0 Å². The number of hydrogen-bond donors (Lipinski definition) is 1. The van der Waals surface area contributed by atoms with Crippen LogP contribution in [0.1, 0.15) is 31.4 Å². The number of aromatic nitrogens is 2. The SMILES string of the molecule is Cn1nc(CNC2CCCCC2CCl)c2ccccc21.